The van der Waals surface area contributed by atoms with Gasteiger partial charge in [-0.1, -0.05) is 24.3 Å². The number of benzene rings is 2. The van der Waals surface area contributed by atoms with E-state index in [1.165, 1.54) is 30.0 Å². The fourth-order valence-electron chi connectivity index (χ4n) is 1.72. The predicted octanol–water partition coefficient (Wildman–Crippen LogP) is 3.49. The van der Waals surface area contributed by atoms with Crippen molar-refractivity contribution >= 4 is 27.5 Å². The Hall–Kier alpha value is -1.53. The number of hydrogen-bond acceptors (Lipinski definition) is 3. The minimum absolute atomic E-state index is 0.154. The van der Waals surface area contributed by atoms with Gasteiger partial charge in [0.1, 0.15) is 5.82 Å². The highest BCUT2D eigenvalue weighted by atomic mass is 32.2. The summed E-state index contributed by atoms with van der Waals surface area (Å²) in [6.45, 7) is 0. The number of nitrogens with one attached hydrogen (secondary N) is 1. The first-order chi connectivity index (χ1) is 9.50. The SMILES string of the molecule is CSc1cccc(NS(=O)(=O)Cc2ccccc2F)c1. The minimum Gasteiger partial charge on any atom is -0.283 e. The third-order valence-corrected chi connectivity index (χ3v) is 4.61. The average Bonchev–Trinajstić information content (AvgIpc) is 2.41. The zero-order chi connectivity index (χ0) is 14.6. The van der Waals surface area contributed by atoms with Crippen LogP contribution in [0, 0.1) is 5.82 Å². The van der Waals surface area contributed by atoms with Crippen LogP contribution in [0.5, 0.6) is 0 Å². The second kappa shape index (κ2) is 6.28. The van der Waals surface area contributed by atoms with Gasteiger partial charge in [0.15, 0.2) is 0 Å². The lowest BCUT2D eigenvalue weighted by molar-refractivity contribution is 0.591. The number of sulfonamides is 1. The third-order valence-electron chi connectivity index (χ3n) is 2.65. The number of rotatable bonds is 5. The summed E-state index contributed by atoms with van der Waals surface area (Å²) < 4.78 is 40.0. The summed E-state index contributed by atoms with van der Waals surface area (Å²) in [5, 5.41) is 0. The lowest BCUT2D eigenvalue weighted by atomic mass is 10.2. The lowest BCUT2D eigenvalue weighted by Crippen LogP contribution is -2.15. The van der Waals surface area contributed by atoms with Crippen LogP contribution in [0.25, 0.3) is 0 Å². The van der Waals surface area contributed by atoms with E-state index in [-0.39, 0.29) is 11.3 Å². The van der Waals surface area contributed by atoms with E-state index in [0.717, 1.165) is 4.90 Å². The molecule has 0 aliphatic rings. The first-order valence-electron chi connectivity index (χ1n) is 5.88. The highest BCUT2D eigenvalue weighted by Crippen LogP contribution is 2.21. The molecular weight excluding hydrogens is 297 g/mol. The summed E-state index contributed by atoms with van der Waals surface area (Å²) in [7, 11) is -3.63. The van der Waals surface area contributed by atoms with E-state index in [1.807, 2.05) is 12.3 Å². The van der Waals surface area contributed by atoms with Crippen molar-refractivity contribution in [1.29, 1.82) is 0 Å². The van der Waals surface area contributed by atoms with Gasteiger partial charge in [-0.2, -0.15) is 0 Å². The van der Waals surface area contributed by atoms with Crippen molar-refractivity contribution in [3.8, 4) is 0 Å². The Bertz CT molecular complexity index is 702. The van der Waals surface area contributed by atoms with Crippen molar-refractivity contribution in [2.24, 2.45) is 0 Å². The molecule has 106 valence electrons. The van der Waals surface area contributed by atoms with Gasteiger partial charge in [0.05, 0.1) is 5.75 Å². The van der Waals surface area contributed by atoms with Crippen LogP contribution in [0.3, 0.4) is 0 Å². The average molecular weight is 311 g/mol. The summed E-state index contributed by atoms with van der Waals surface area (Å²) in [6, 6.07) is 12.9. The van der Waals surface area contributed by atoms with Crippen molar-refractivity contribution < 1.29 is 12.8 Å². The molecule has 0 unspecified atom stereocenters. The van der Waals surface area contributed by atoms with Gasteiger partial charge >= 0.3 is 0 Å². The van der Waals surface area contributed by atoms with Crippen molar-refractivity contribution in [3.63, 3.8) is 0 Å². The van der Waals surface area contributed by atoms with Crippen LogP contribution in [0.2, 0.25) is 0 Å². The van der Waals surface area contributed by atoms with Crippen LogP contribution in [-0.4, -0.2) is 14.7 Å². The molecule has 0 radical (unpaired) electrons. The predicted molar refractivity (Wildman–Crippen MR) is 80.9 cm³/mol. The Kier molecular flexibility index (Phi) is 4.67. The molecule has 2 aromatic carbocycles. The maximum absolute atomic E-state index is 13.5. The fourth-order valence-corrected chi connectivity index (χ4v) is 3.38. The quantitative estimate of drug-likeness (QED) is 0.860. The summed E-state index contributed by atoms with van der Waals surface area (Å²) in [4.78, 5) is 0.955. The van der Waals surface area contributed by atoms with Crippen LogP contribution in [0.15, 0.2) is 53.4 Å². The van der Waals surface area contributed by atoms with E-state index in [1.54, 1.807) is 24.3 Å². The number of halogens is 1. The molecule has 20 heavy (non-hydrogen) atoms. The molecule has 6 heteroatoms. The van der Waals surface area contributed by atoms with Gasteiger partial charge in [-0.25, -0.2) is 12.8 Å². The smallest absolute Gasteiger partial charge is 0.237 e. The van der Waals surface area contributed by atoms with Gasteiger partial charge in [-0.15, -0.1) is 11.8 Å². The van der Waals surface area contributed by atoms with Crippen molar-refractivity contribution in [3.05, 3.63) is 59.9 Å². The standard InChI is InChI=1S/C14H14FNO2S2/c1-19-13-7-4-6-12(9-13)16-20(17,18)10-11-5-2-3-8-14(11)15/h2-9,16H,10H2,1H3. The van der Waals surface area contributed by atoms with Gasteiger partial charge < -0.3 is 0 Å². The monoisotopic (exact) mass is 311 g/mol. The maximum Gasteiger partial charge on any atom is 0.237 e. The van der Waals surface area contributed by atoms with E-state index in [0.29, 0.717) is 5.69 Å². The second-order valence-electron chi connectivity index (χ2n) is 4.18. The van der Waals surface area contributed by atoms with Crippen molar-refractivity contribution in [2.75, 3.05) is 11.0 Å². The molecule has 0 bridgehead atoms. The molecule has 2 aromatic rings. The van der Waals surface area contributed by atoms with Gasteiger partial charge in [-0.3, -0.25) is 4.72 Å². The molecule has 0 saturated heterocycles. The molecule has 1 N–H and O–H groups in total. The first kappa shape index (κ1) is 14.9. The summed E-state index contributed by atoms with van der Waals surface area (Å²) in [5.41, 5.74) is 0.634. The highest BCUT2D eigenvalue weighted by molar-refractivity contribution is 7.98. The van der Waals surface area contributed by atoms with E-state index in [4.69, 9.17) is 0 Å². The topological polar surface area (TPSA) is 46.2 Å². The van der Waals surface area contributed by atoms with Crippen LogP contribution >= 0.6 is 11.8 Å². The molecule has 0 atom stereocenters. The summed E-state index contributed by atoms with van der Waals surface area (Å²) in [5.74, 6) is -0.904. The molecule has 0 fully saturated rings. The molecule has 0 aliphatic carbocycles. The molecule has 0 saturated carbocycles. The molecule has 0 aliphatic heterocycles. The lowest BCUT2D eigenvalue weighted by Gasteiger charge is -2.09. The van der Waals surface area contributed by atoms with E-state index in [9.17, 15) is 12.8 Å². The van der Waals surface area contributed by atoms with Crippen LogP contribution in [0.4, 0.5) is 10.1 Å². The first-order valence-corrected chi connectivity index (χ1v) is 8.76. The normalized spacial score (nSPS) is 11.3. The second-order valence-corrected chi connectivity index (χ2v) is 6.79. The molecule has 0 heterocycles. The number of thioether (sulfide) groups is 1. The van der Waals surface area contributed by atoms with Gasteiger partial charge in [0, 0.05) is 16.1 Å². The number of anilines is 1. The molecular formula is C14H14FNO2S2. The maximum atomic E-state index is 13.5. The van der Waals surface area contributed by atoms with Crippen LogP contribution in [0.1, 0.15) is 5.56 Å². The Morgan fingerprint density at radius 2 is 1.90 bits per heavy atom. The van der Waals surface area contributed by atoms with Gasteiger partial charge in [0.25, 0.3) is 0 Å². The van der Waals surface area contributed by atoms with Crippen molar-refractivity contribution in [2.45, 2.75) is 10.6 Å². The molecule has 3 nitrogen and oxygen atoms in total. The molecule has 0 spiro atoms. The van der Waals surface area contributed by atoms with E-state index in [2.05, 4.69) is 4.72 Å². The minimum atomic E-state index is -3.63. The Balaban J connectivity index is 2.17. The zero-order valence-electron chi connectivity index (χ0n) is 10.8. The van der Waals surface area contributed by atoms with Gasteiger partial charge in [-0.05, 0) is 30.5 Å². The molecule has 0 aromatic heterocycles. The van der Waals surface area contributed by atoms with Crippen LogP contribution < -0.4 is 4.72 Å². The third kappa shape index (κ3) is 3.98. The zero-order valence-corrected chi connectivity index (χ0v) is 12.5. The largest absolute Gasteiger partial charge is 0.283 e. The molecule has 0 amide bonds. The van der Waals surface area contributed by atoms with Crippen molar-refractivity contribution in [1.82, 2.24) is 0 Å². The summed E-state index contributed by atoms with van der Waals surface area (Å²) >= 11 is 1.52. The highest BCUT2D eigenvalue weighted by Gasteiger charge is 2.14. The Morgan fingerprint density at radius 3 is 2.60 bits per heavy atom. The fraction of sp³-hybridized carbons (Fsp3) is 0.143. The van der Waals surface area contributed by atoms with E-state index < -0.39 is 15.8 Å². The summed E-state index contributed by atoms with van der Waals surface area (Å²) in [6.07, 6.45) is 1.91. The molecule has 2 rings (SSSR count). The Labute approximate surface area is 122 Å². The van der Waals surface area contributed by atoms with Crippen LogP contribution in [-0.2, 0) is 15.8 Å². The van der Waals surface area contributed by atoms with E-state index >= 15 is 0 Å². The number of hydrogen-bond donors (Lipinski definition) is 1. The van der Waals surface area contributed by atoms with Gasteiger partial charge in [0.2, 0.25) is 10.0 Å². The Morgan fingerprint density at radius 1 is 1.15 bits per heavy atom.